The second-order valence-electron chi connectivity index (χ2n) is 6.38. The Hall–Kier alpha value is -3.01. The van der Waals surface area contributed by atoms with Crippen molar-refractivity contribution in [1.82, 2.24) is 24.9 Å². The van der Waals surface area contributed by atoms with Crippen LogP contribution >= 0.6 is 0 Å². The van der Waals surface area contributed by atoms with E-state index in [4.69, 9.17) is 4.74 Å². The van der Waals surface area contributed by atoms with Crippen molar-refractivity contribution >= 4 is 11.7 Å². The maximum Gasteiger partial charge on any atom is 0.433 e. The zero-order valence-corrected chi connectivity index (χ0v) is 14.6. The second-order valence-corrected chi connectivity index (χ2v) is 6.38. The lowest BCUT2D eigenvalue weighted by Crippen LogP contribution is -2.32. The molecule has 7 nitrogen and oxygen atoms in total. The molecule has 0 spiro atoms. The van der Waals surface area contributed by atoms with E-state index in [-0.39, 0.29) is 29.9 Å². The lowest BCUT2D eigenvalue weighted by atomic mass is 10.1. The van der Waals surface area contributed by atoms with Crippen LogP contribution in [0.4, 0.5) is 13.2 Å². The molecule has 4 rings (SSSR count). The van der Waals surface area contributed by atoms with Crippen LogP contribution in [0.3, 0.4) is 0 Å². The van der Waals surface area contributed by atoms with E-state index in [0.717, 1.165) is 18.9 Å². The Bertz CT molecular complexity index is 998. The number of nitrogens with zero attached hydrogens (tertiary/aromatic N) is 4. The first-order valence-corrected chi connectivity index (χ1v) is 8.72. The van der Waals surface area contributed by atoms with Gasteiger partial charge in [0.25, 0.3) is 11.7 Å². The number of carbonyl (C=O) groups excluding carboxylic acids is 1. The number of aromatic nitrogens is 4. The molecule has 28 heavy (non-hydrogen) atoms. The largest absolute Gasteiger partial charge is 0.433 e. The minimum atomic E-state index is -4.69. The van der Waals surface area contributed by atoms with Gasteiger partial charge in [-0.15, -0.1) is 5.10 Å². The third kappa shape index (κ3) is 3.68. The number of rotatable bonds is 4. The zero-order chi connectivity index (χ0) is 19.7. The Labute approximate surface area is 157 Å². The molecule has 0 unspecified atom stereocenters. The molecule has 0 aliphatic carbocycles. The van der Waals surface area contributed by atoms with Gasteiger partial charge in [0.1, 0.15) is 0 Å². The highest BCUT2D eigenvalue weighted by molar-refractivity contribution is 5.90. The molecule has 3 heterocycles. The molecule has 1 fully saturated rings. The van der Waals surface area contributed by atoms with Gasteiger partial charge in [0.2, 0.25) is 5.82 Å². The van der Waals surface area contributed by atoms with Gasteiger partial charge in [0, 0.05) is 18.7 Å². The van der Waals surface area contributed by atoms with Crippen molar-refractivity contribution in [1.29, 1.82) is 0 Å². The number of hydrogen-bond acceptors (Lipinski definition) is 5. The summed E-state index contributed by atoms with van der Waals surface area (Å²) in [4.78, 5) is 20.3. The number of hydrogen-bond donors (Lipinski definition) is 1. The van der Waals surface area contributed by atoms with Crippen molar-refractivity contribution in [3.8, 4) is 11.3 Å². The van der Waals surface area contributed by atoms with Crippen molar-refractivity contribution in [2.24, 2.45) is 0 Å². The molecule has 0 bridgehead atoms. The van der Waals surface area contributed by atoms with E-state index in [2.05, 4.69) is 20.4 Å². The van der Waals surface area contributed by atoms with Crippen LogP contribution in [0.5, 0.6) is 0 Å². The SMILES string of the molecule is O=C(NC[C@@H]1CCCO1)c1nc2nc(-c3ccccc3)cc(C(F)(F)F)n2n1. The number of amides is 1. The smallest absolute Gasteiger partial charge is 0.376 e. The number of carbonyl (C=O) groups is 1. The van der Waals surface area contributed by atoms with E-state index in [1.807, 2.05) is 0 Å². The van der Waals surface area contributed by atoms with E-state index in [0.29, 0.717) is 16.7 Å². The summed E-state index contributed by atoms with van der Waals surface area (Å²) in [6.45, 7) is 0.886. The fourth-order valence-electron chi connectivity index (χ4n) is 3.01. The molecule has 1 amide bonds. The van der Waals surface area contributed by atoms with Gasteiger partial charge in [-0.25, -0.2) is 4.98 Å². The van der Waals surface area contributed by atoms with Gasteiger partial charge in [0.05, 0.1) is 11.8 Å². The average molecular weight is 391 g/mol. The number of nitrogens with one attached hydrogen (secondary N) is 1. The van der Waals surface area contributed by atoms with E-state index >= 15 is 0 Å². The highest BCUT2D eigenvalue weighted by Crippen LogP contribution is 2.31. The Morgan fingerprint density at radius 3 is 2.71 bits per heavy atom. The third-order valence-electron chi connectivity index (χ3n) is 4.39. The Morgan fingerprint density at radius 1 is 1.25 bits per heavy atom. The number of ether oxygens (including phenoxy) is 1. The van der Waals surface area contributed by atoms with E-state index in [9.17, 15) is 18.0 Å². The molecule has 146 valence electrons. The molecule has 2 aromatic heterocycles. The summed E-state index contributed by atoms with van der Waals surface area (Å²) in [5.41, 5.74) is -0.455. The molecule has 1 saturated heterocycles. The lowest BCUT2D eigenvalue weighted by molar-refractivity contribution is -0.142. The maximum absolute atomic E-state index is 13.5. The van der Waals surface area contributed by atoms with Gasteiger partial charge in [-0.3, -0.25) is 4.79 Å². The molecular formula is C18H16F3N5O2. The topological polar surface area (TPSA) is 81.4 Å². The van der Waals surface area contributed by atoms with Crippen molar-refractivity contribution in [2.45, 2.75) is 25.1 Å². The summed E-state index contributed by atoms with van der Waals surface area (Å²) in [6.07, 6.45) is -3.06. The van der Waals surface area contributed by atoms with Crippen LogP contribution in [0.25, 0.3) is 17.0 Å². The molecule has 0 radical (unpaired) electrons. The third-order valence-corrected chi connectivity index (χ3v) is 4.39. The molecule has 1 atom stereocenters. The van der Waals surface area contributed by atoms with Crippen LogP contribution in [0.1, 0.15) is 29.2 Å². The normalized spacial score (nSPS) is 17.2. The van der Waals surface area contributed by atoms with Crippen LogP contribution < -0.4 is 5.32 Å². The Morgan fingerprint density at radius 2 is 2.04 bits per heavy atom. The summed E-state index contributed by atoms with van der Waals surface area (Å²) >= 11 is 0. The fourth-order valence-corrected chi connectivity index (χ4v) is 3.01. The number of alkyl halides is 3. The summed E-state index contributed by atoms with van der Waals surface area (Å²) in [5.74, 6) is -1.34. The van der Waals surface area contributed by atoms with Crippen LogP contribution in [-0.2, 0) is 10.9 Å². The van der Waals surface area contributed by atoms with Gasteiger partial charge in [-0.05, 0) is 18.9 Å². The standard InChI is InChI=1S/C18H16F3N5O2/c19-18(20,21)14-9-13(11-5-2-1-3-6-11)23-17-24-15(25-26(14)17)16(27)22-10-12-7-4-8-28-12/h1-3,5-6,9,12H,4,7-8,10H2,(H,22,27)/t12-/m0/s1. The molecule has 10 heteroatoms. The fraction of sp³-hybridized carbons (Fsp3) is 0.333. The van der Waals surface area contributed by atoms with Gasteiger partial charge >= 0.3 is 6.18 Å². The summed E-state index contributed by atoms with van der Waals surface area (Å²) in [7, 11) is 0. The minimum absolute atomic E-state index is 0.0964. The van der Waals surface area contributed by atoms with E-state index < -0.39 is 17.8 Å². The lowest BCUT2D eigenvalue weighted by Gasteiger charge is -2.10. The molecule has 0 saturated carbocycles. The Balaban J connectivity index is 1.69. The first kappa shape index (κ1) is 18.4. The van der Waals surface area contributed by atoms with Crippen molar-refractivity contribution in [3.05, 3.63) is 47.9 Å². The molecule has 1 aliphatic heterocycles. The van der Waals surface area contributed by atoms with Gasteiger partial charge in [-0.2, -0.15) is 22.7 Å². The highest BCUT2D eigenvalue weighted by Gasteiger charge is 2.36. The maximum atomic E-state index is 13.5. The minimum Gasteiger partial charge on any atom is -0.376 e. The summed E-state index contributed by atoms with van der Waals surface area (Å²) in [6, 6.07) is 9.32. The number of benzene rings is 1. The van der Waals surface area contributed by atoms with Gasteiger partial charge in [0.15, 0.2) is 5.69 Å². The molecule has 1 N–H and O–H groups in total. The summed E-state index contributed by atoms with van der Waals surface area (Å²) in [5, 5.41) is 6.32. The van der Waals surface area contributed by atoms with Crippen LogP contribution in [0.2, 0.25) is 0 Å². The van der Waals surface area contributed by atoms with Crippen LogP contribution in [0.15, 0.2) is 36.4 Å². The molecule has 1 aromatic carbocycles. The molecule has 3 aromatic rings. The van der Waals surface area contributed by atoms with Crippen molar-refractivity contribution in [3.63, 3.8) is 0 Å². The average Bonchev–Trinajstić information content (AvgIpc) is 3.34. The molecular weight excluding hydrogens is 375 g/mol. The van der Waals surface area contributed by atoms with Crippen molar-refractivity contribution < 1.29 is 22.7 Å². The Kier molecular flexibility index (Phi) is 4.71. The number of fused-ring (bicyclic) bond motifs is 1. The van der Waals surface area contributed by atoms with E-state index in [1.165, 1.54) is 0 Å². The second kappa shape index (κ2) is 7.19. The van der Waals surface area contributed by atoms with Gasteiger partial charge in [-0.1, -0.05) is 30.3 Å². The van der Waals surface area contributed by atoms with Gasteiger partial charge < -0.3 is 10.1 Å². The summed E-state index contributed by atoms with van der Waals surface area (Å²) < 4.78 is 46.6. The highest BCUT2D eigenvalue weighted by atomic mass is 19.4. The monoisotopic (exact) mass is 391 g/mol. The van der Waals surface area contributed by atoms with Crippen LogP contribution in [-0.4, -0.2) is 44.7 Å². The van der Waals surface area contributed by atoms with Crippen molar-refractivity contribution in [2.75, 3.05) is 13.2 Å². The predicted octanol–water partition coefficient (Wildman–Crippen LogP) is 2.72. The van der Waals surface area contributed by atoms with Crippen LogP contribution in [0, 0.1) is 0 Å². The predicted molar refractivity (Wildman–Crippen MR) is 92.5 cm³/mol. The van der Waals surface area contributed by atoms with E-state index in [1.54, 1.807) is 30.3 Å². The molecule has 1 aliphatic rings. The number of halogens is 3. The quantitative estimate of drug-likeness (QED) is 0.740. The first-order valence-electron chi connectivity index (χ1n) is 8.72. The zero-order valence-electron chi connectivity index (χ0n) is 14.6. The first-order chi connectivity index (χ1) is 13.4.